The van der Waals surface area contributed by atoms with Gasteiger partial charge in [-0.2, -0.15) is 0 Å². The van der Waals surface area contributed by atoms with Crippen molar-refractivity contribution in [2.45, 2.75) is 6.04 Å². The van der Waals surface area contributed by atoms with E-state index < -0.39 is 0 Å². The number of carbonyl (C=O) groups is 1. The Kier molecular flexibility index (Phi) is 6.34. The standard InChI is InChI=1S/C21H22ClN3O3/c1-25(2)19(14-4-8-16(22)9-5-14)13-23-21(26)18-12-20(28-24-18)15-6-10-17(27-3)11-7-15/h4-12,19H,13H2,1-3H3,(H,23,26)/t19-/m0/s1. The van der Waals surface area contributed by atoms with Crippen molar-refractivity contribution in [3.63, 3.8) is 0 Å². The molecule has 0 aliphatic carbocycles. The largest absolute Gasteiger partial charge is 0.497 e. The summed E-state index contributed by atoms with van der Waals surface area (Å²) in [6.07, 6.45) is 0. The van der Waals surface area contributed by atoms with Gasteiger partial charge < -0.3 is 19.5 Å². The lowest BCUT2D eigenvalue weighted by atomic mass is 10.1. The van der Waals surface area contributed by atoms with Gasteiger partial charge in [-0.15, -0.1) is 0 Å². The van der Waals surface area contributed by atoms with Crippen LogP contribution in [0.5, 0.6) is 5.75 Å². The third-order valence-electron chi connectivity index (χ3n) is 4.45. The van der Waals surface area contributed by atoms with Gasteiger partial charge >= 0.3 is 0 Å². The first-order valence-electron chi connectivity index (χ1n) is 8.79. The van der Waals surface area contributed by atoms with Crippen LogP contribution in [0.1, 0.15) is 22.1 Å². The maximum atomic E-state index is 12.5. The summed E-state index contributed by atoms with van der Waals surface area (Å²) in [4.78, 5) is 14.5. The van der Waals surface area contributed by atoms with Crippen molar-refractivity contribution in [2.24, 2.45) is 0 Å². The first kappa shape index (κ1) is 19.9. The van der Waals surface area contributed by atoms with E-state index in [1.165, 1.54) is 0 Å². The first-order chi connectivity index (χ1) is 13.5. The van der Waals surface area contributed by atoms with Crippen LogP contribution >= 0.6 is 11.6 Å². The van der Waals surface area contributed by atoms with Crippen molar-refractivity contribution in [3.05, 3.63) is 70.9 Å². The number of hydrogen-bond donors (Lipinski definition) is 1. The number of aromatic nitrogens is 1. The second kappa shape index (κ2) is 8.91. The first-order valence-corrected chi connectivity index (χ1v) is 9.17. The van der Waals surface area contributed by atoms with Gasteiger partial charge in [0.05, 0.1) is 13.2 Å². The number of benzene rings is 2. The lowest BCUT2D eigenvalue weighted by molar-refractivity contribution is 0.0933. The number of rotatable bonds is 7. The van der Waals surface area contributed by atoms with Crippen molar-refractivity contribution in [1.29, 1.82) is 0 Å². The molecule has 0 bridgehead atoms. The fourth-order valence-corrected chi connectivity index (χ4v) is 2.96. The van der Waals surface area contributed by atoms with E-state index in [0.29, 0.717) is 17.3 Å². The molecular formula is C21H22ClN3O3. The summed E-state index contributed by atoms with van der Waals surface area (Å²) < 4.78 is 10.5. The minimum absolute atomic E-state index is 0.00850. The SMILES string of the molecule is COc1ccc(-c2cc(C(=O)NC[C@@H](c3ccc(Cl)cc3)N(C)C)no2)cc1. The Bertz CT molecular complexity index is 921. The molecule has 146 valence electrons. The fourth-order valence-electron chi connectivity index (χ4n) is 2.84. The predicted octanol–water partition coefficient (Wildman–Crippen LogP) is 4.04. The van der Waals surface area contributed by atoms with E-state index in [1.807, 2.05) is 67.5 Å². The highest BCUT2D eigenvalue weighted by Crippen LogP contribution is 2.23. The van der Waals surface area contributed by atoms with Gasteiger partial charge in [0, 0.05) is 23.2 Å². The molecule has 0 fully saturated rings. The molecule has 1 amide bonds. The molecule has 2 aromatic carbocycles. The Hall–Kier alpha value is -2.83. The molecule has 1 aromatic heterocycles. The van der Waals surface area contributed by atoms with Crippen LogP contribution in [0.15, 0.2) is 59.1 Å². The van der Waals surface area contributed by atoms with Crippen LogP contribution in [0.25, 0.3) is 11.3 Å². The molecule has 1 atom stereocenters. The average Bonchev–Trinajstić information content (AvgIpc) is 3.19. The summed E-state index contributed by atoms with van der Waals surface area (Å²) in [5, 5.41) is 7.49. The molecule has 0 unspecified atom stereocenters. The van der Waals surface area contributed by atoms with E-state index in [4.69, 9.17) is 20.9 Å². The highest BCUT2D eigenvalue weighted by Gasteiger charge is 2.18. The third kappa shape index (κ3) is 4.71. The zero-order valence-electron chi connectivity index (χ0n) is 16.0. The highest BCUT2D eigenvalue weighted by atomic mass is 35.5. The summed E-state index contributed by atoms with van der Waals surface area (Å²) in [6, 6.07) is 16.6. The second-order valence-corrected chi connectivity index (χ2v) is 6.98. The quantitative estimate of drug-likeness (QED) is 0.649. The van der Waals surface area contributed by atoms with Gasteiger partial charge in [-0.25, -0.2) is 0 Å². The van der Waals surface area contributed by atoms with E-state index in [2.05, 4.69) is 10.5 Å². The molecule has 0 saturated carbocycles. The summed E-state index contributed by atoms with van der Waals surface area (Å²) in [6.45, 7) is 0.429. The van der Waals surface area contributed by atoms with Gasteiger partial charge in [-0.1, -0.05) is 28.9 Å². The second-order valence-electron chi connectivity index (χ2n) is 6.55. The highest BCUT2D eigenvalue weighted by molar-refractivity contribution is 6.30. The topological polar surface area (TPSA) is 67.6 Å². The van der Waals surface area contributed by atoms with Crippen molar-refractivity contribution in [2.75, 3.05) is 27.7 Å². The van der Waals surface area contributed by atoms with E-state index in [9.17, 15) is 4.79 Å². The molecule has 28 heavy (non-hydrogen) atoms. The molecule has 0 saturated heterocycles. The molecule has 0 aliphatic rings. The monoisotopic (exact) mass is 399 g/mol. The van der Waals surface area contributed by atoms with Crippen LogP contribution < -0.4 is 10.1 Å². The molecular weight excluding hydrogens is 378 g/mol. The molecule has 0 aliphatic heterocycles. The smallest absolute Gasteiger partial charge is 0.273 e. The van der Waals surface area contributed by atoms with Crippen LogP contribution in [0.2, 0.25) is 5.02 Å². The summed E-state index contributed by atoms with van der Waals surface area (Å²) in [7, 11) is 5.53. The molecule has 0 radical (unpaired) electrons. The number of methoxy groups -OCH3 is 1. The zero-order chi connectivity index (χ0) is 20.1. The van der Waals surface area contributed by atoms with Crippen LogP contribution in [-0.2, 0) is 0 Å². The van der Waals surface area contributed by atoms with E-state index >= 15 is 0 Å². The Morgan fingerprint density at radius 1 is 1.18 bits per heavy atom. The molecule has 3 rings (SSSR count). The lowest BCUT2D eigenvalue weighted by Crippen LogP contribution is -2.34. The molecule has 0 spiro atoms. The van der Waals surface area contributed by atoms with Crippen LogP contribution in [0.3, 0.4) is 0 Å². The summed E-state index contributed by atoms with van der Waals surface area (Å²) in [5.74, 6) is 0.983. The molecule has 7 heteroatoms. The van der Waals surface area contributed by atoms with Crippen molar-refractivity contribution in [1.82, 2.24) is 15.4 Å². The zero-order valence-corrected chi connectivity index (χ0v) is 16.7. The van der Waals surface area contributed by atoms with Gasteiger partial charge in [0.2, 0.25) is 0 Å². The molecule has 6 nitrogen and oxygen atoms in total. The van der Waals surface area contributed by atoms with Gasteiger partial charge in [-0.3, -0.25) is 4.79 Å². The number of carbonyl (C=O) groups excluding carboxylic acids is 1. The number of halogens is 1. The van der Waals surface area contributed by atoms with E-state index in [-0.39, 0.29) is 17.6 Å². The van der Waals surface area contributed by atoms with Gasteiger partial charge in [-0.05, 0) is 56.1 Å². The summed E-state index contributed by atoms with van der Waals surface area (Å²) in [5.41, 5.74) is 2.12. The Balaban J connectivity index is 1.67. The molecule has 1 heterocycles. The Labute approximate surface area is 169 Å². The Morgan fingerprint density at radius 3 is 2.46 bits per heavy atom. The number of hydrogen-bond acceptors (Lipinski definition) is 5. The van der Waals surface area contributed by atoms with E-state index in [1.54, 1.807) is 13.2 Å². The van der Waals surface area contributed by atoms with Crippen molar-refractivity contribution in [3.8, 4) is 17.1 Å². The van der Waals surface area contributed by atoms with Gasteiger partial charge in [0.1, 0.15) is 5.75 Å². The molecule has 1 N–H and O–H groups in total. The maximum Gasteiger partial charge on any atom is 0.273 e. The molecule has 3 aromatic rings. The average molecular weight is 400 g/mol. The lowest BCUT2D eigenvalue weighted by Gasteiger charge is -2.25. The van der Waals surface area contributed by atoms with Crippen LogP contribution in [0.4, 0.5) is 0 Å². The van der Waals surface area contributed by atoms with Gasteiger partial charge in [0.25, 0.3) is 5.91 Å². The predicted molar refractivity (Wildman–Crippen MR) is 109 cm³/mol. The van der Waals surface area contributed by atoms with Crippen molar-refractivity contribution < 1.29 is 14.1 Å². The fraction of sp³-hybridized carbons (Fsp3) is 0.238. The number of amides is 1. The number of likely N-dealkylation sites (N-methyl/N-ethyl adjacent to an activating group) is 1. The number of ether oxygens (including phenoxy) is 1. The van der Waals surface area contributed by atoms with Crippen LogP contribution in [-0.4, -0.2) is 43.7 Å². The normalized spacial score (nSPS) is 12.0. The van der Waals surface area contributed by atoms with E-state index in [0.717, 1.165) is 16.9 Å². The maximum absolute atomic E-state index is 12.5. The third-order valence-corrected chi connectivity index (χ3v) is 4.70. The number of nitrogens with one attached hydrogen (secondary N) is 1. The van der Waals surface area contributed by atoms with Crippen molar-refractivity contribution >= 4 is 17.5 Å². The minimum Gasteiger partial charge on any atom is -0.497 e. The van der Waals surface area contributed by atoms with Gasteiger partial charge in [0.15, 0.2) is 11.5 Å². The minimum atomic E-state index is -0.288. The number of nitrogens with zero attached hydrogens (tertiary/aromatic N) is 2. The Morgan fingerprint density at radius 2 is 1.86 bits per heavy atom. The summed E-state index contributed by atoms with van der Waals surface area (Å²) >= 11 is 5.96. The van der Waals surface area contributed by atoms with Crippen LogP contribution in [0, 0.1) is 0 Å².